The average Bonchev–Trinajstić information content (AvgIpc) is 2.77. The largest absolute Gasteiger partial charge is 0.497 e. The van der Waals surface area contributed by atoms with Crippen molar-refractivity contribution >= 4 is 35.6 Å². The summed E-state index contributed by atoms with van der Waals surface area (Å²) >= 11 is 5.54. The number of methoxy groups -OCH3 is 1. The number of nitrogens with one attached hydrogen (secondary N) is 1. The van der Waals surface area contributed by atoms with Crippen LogP contribution in [0.15, 0.2) is 40.6 Å². The van der Waals surface area contributed by atoms with Crippen LogP contribution in [0, 0.1) is 0 Å². The van der Waals surface area contributed by atoms with E-state index in [2.05, 4.69) is 17.9 Å². The third kappa shape index (κ3) is 3.01. The number of thiol groups is 1. The average molecular weight is 265 g/mol. The number of amides is 1. The number of rotatable bonds is 3. The molecular formula is C12H11NO2S2. The van der Waals surface area contributed by atoms with Crippen LogP contribution >= 0.6 is 24.0 Å². The molecule has 0 spiro atoms. The molecule has 17 heavy (non-hydrogen) atoms. The summed E-state index contributed by atoms with van der Waals surface area (Å²) in [5.41, 5.74) is 0.741. The van der Waals surface area contributed by atoms with Crippen molar-refractivity contribution in [2.45, 2.75) is 4.90 Å². The van der Waals surface area contributed by atoms with E-state index in [-0.39, 0.29) is 5.91 Å². The fourth-order valence-electron chi connectivity index (χ4n) is 1.31. The van der Waals surface area contributed by atoms with E-state index in [0.717, 1.165) is 16.3 Å². The van der Waals surface area contributed by atoms with Gasteiger partial charge in [0.05, 0.1) is 12.0 Å². The van der Waals surface area contributed by atoms with E-state index in [1.54, 1.807) is 37.4 Å². The Balaban J connectivity index is 2.07. The summed E-state index contributed by atoms with van der Waals surface area (Å²) in [6, 6.07) is 8.94. The number of benzene rings is 1. The SMILES string of the molecule is COc1ccc(NC(=O)c2cc(S)cs2)cc1. The summed E-state index contributed by atoms with van der Waals surface area (Å²) in [5.74, 6) is 0.636. The Morgan fingerprint density at radius 2 is 2.06 bits per heavy atom. The van der Waals surface area contributed by atoms with E-state index in [1.165, 1.54) is 11.3 Å². The fraction of sp³-hybridized carbons (Fsp3) is 0.0833. The van der Waals surface area contributed by atoms with Gasteiger partial charge in [0.1, 0.15) is 5.75 Å². The maximum atomic E-state index is 11.8. The van der Waals surface area contributed by atoms with Gasteiger partial charge in [-0.3, -0.25) is 4.79 Å². The molecule has 88 valence electrons. The summed E-state index contributed by atoms with van der Waals surface area (Å²) < 4.78 is 5.04. The van der Waals surface area contributed by atoms with Gasteiger partial charge in [-0.2, -0.15) is 0 Å². The van der Waals surface area contributed by atoms with E-state index in [1.807, 2.05) is 5.38 Å². The highest BCUT2D eigenvalue weighted by molar-refractivity contribution is 7.80. The van der Waals surface area contributed by atoms with E-state index in [9.17, 15) is 4.79 Å². The van der Waals surface area contributed by atoms with Gasteiger partial charge in [0, 0.05) is 16.0 Å². The smallest absolute Gasteiger partial charge is 0.265 e. The molecule has 0 saturated heterocycles. The molecule has 0 saturated carbocycles. The first-order chi connectivity index (χ1) is 8.19. The topological polar surface area (TPSA) is 38.3 Å². The minimum atomic E-state index is -0.125. The van der Waals surface area contributed by atoms with Crippen LogP contribution in [0.1, 0.15) is 9.67 Å². The zero-order chi connectivity index (χ0) is 12.3. The summed E-state index contributed by atoms with van der Waals surface area (Å²) in [7, 11) is 1.60. The molecule has 1 heterocycles. The van der Waals surface area contributed by atoms with Crippen molar-refractivity contribution in [1.82, 2.24) is 0 Å². The Kier molecular flexibility index (Phi) is 3.71. The molecule has 3 nitrogen and oxygen atoms in total. The highest BCUT2D eigenvalue weighted by atomic mass is 32.1. The Bertz CT molecular complexity index is 520. The van der Waals surface area contributed by atoms with Crippen molar-refractivity contribution in [2.24, 2.45) is 0 Å². The third-order valence-corrected chi connectivity index (χ3v) is 3.52. The minimum absolute atomic E-state index is 0.125. The normalized spacial score (nSPS) is 10.0. The first-order valence-electron chi connectivity index (χ1n) is 4.92. The van der Waals surface area contributed by atoms with Crippen molar-refractivity contribution in [1.29, 1.82) is 0 Å². The van der Waals surface area contributed by atoms with Crippen molar-refractivity contribution in [3.05, 3.63) is 40.6 Å². The maximum absolute atomic E-state index is 11.8. The molecule has 1 aromatic heterocycles. The second-order valence-corrected chi connectivity index (χ2v) is 4.78. The Labute approximate surface area is 109 Å². The summed E-state index contributed by atoms with van der Waals surface area (Å²) in [6.45, 7) is 0. The van der Waals surface area contributed by atoms with Crippen LogP contribution in [0.4, 0.5) is 5.69 Å². The first-order valence-corrected chi connectivity index (χ1v) is 6.24. The number of carbonyl (C=O) groups is 1. The monoisotopic (exact) mass is 265 g/mol. The lowest BCUT2D eigenvalue weighted by Gasteiger charge is -2.04. The van der Waals surface area contributed by atoms with Crippen molar-refractivity contribution < 1.29 is 9.53 Å². The van der Waals surface area contributed by atoms with Gasteiger partial charge in [0.15, 0.2) is 0 Å². The lowest BCUT2D eigenvalue weighted by atomic mass is 10.3. The number of carbonyl (C=O) groups excluding carboxylic acids is 1. The second kappa shape index (κ2) is 5.25. The molecular weight excluding hydrogens is 254 g/mol. The van der Waals surface area contributed by atoms with Gasteiger partial charge >= 0.3 is 0 Å². The molecule has 2 rings (SSSR count). The highest BCUT2D eigenvalue weighted by Gasteiger charge is 2.08. The van der Waals surface area contributed by atoms with Crippen molar-refractivity contribution in [2.75, 3.05) is 12.4 Å². The van der Waals surface area contributed by atoms with E-state index >= 15 is 0 Å². The Morgan fingerprint density at radius 1 is 1.35 bits per heavy atom. The van der Waals surface area contributed by atoms with Gasteiger partial charge in [0.2, 0.25) is 0 Å². The molecule has 2 aromatic rings. The number of thiophene rings is 1. The number of ether oxygens (including phenoxy) is 1. The van der Waals surface area contributed by atoms with Gasteiger partial charge in [-0.05, 0) is 30.3 Å². The second-order valence-electron chi connectivity index (χ2n) is 3.35. The molecule has 1 amide bonds. The van der Waals surface area contributed by atoms with Gasteiger partial charge in [-0.1, -0.05) is 0 Å². The molecule has 5 heteroatoms. The Hall–Kier alpha value is -1.46. The molecule has 1 aromatic carbocycles. The zero-order valence-corrected chi connectivity index (χ0v) is 10.8. The Morgan fingerprint density at radius 3 is 2.59 bits per heavy atom. The zero-order valence-electron chi connectivity index (χ0n) is 9.14. The molecule has 0 fully saturated rings. The van der Waals surface area contributed by atoms with E-state index in [0.29, 0.717) is 4.88 Å². The highest BCUT2D eigenvalue weighted by Crippen LogP contribution is 2.20. The fourth-order valence-corrected chi connectivity index (χ4v) is 2.36. The molecule has 1 N–H and O–H groups in total. The molecule has 0 aliphatic heterocycles. The summed E-state index contributed by atoms with van der Waals surface area (Å²) in [5, 5.41) is 4.63. The number of hydrogen-bond acceptors (Lipinski definition) is 4. The van der Waals surface area contributed by atoms with Crippen LogP contribution in [0.25, 0.3) is 0 Å². The van der Waals surface area contributed by atoms with Gasteiger partial charge in [-0.25, -0.2) is 0 Å². The third-order valence-electron chi connectivity index (χ3n) is 2.16. The van der Waals surface area contributed by atoms with Crippen LogP contribution in [0.5, 0.6) is 5.75 Å². The van der Waals surface area contributed by atoms with Crippen LogP contribution < -0.4 is 10.1 Å². The van der Waals surface area contributed by atoms with Crippen LogP contribution in [-0.4, -0.2) is 13.0 Å². The first kappa shape index (κ1) is 12.0. The summed E-state index contributed by atoms with van der Waals surface area (Å²) in [6.07, 6.45) is 0. The van der Waals surface area contributed by atoms with Gasteiger partial charge < -0.3 is 10.1 Å². The standard InChI is InChI=1S/C12H11NO2S2/c1-15-9-4-2-8(3-5-9)13-12(14)11-6-10(16)7-17-11/h2-7,16H,1H3,(H,13,14). The van der Waals surface area contributed by atoms with Gasteiger partial charge in [0.25, 0.3) is 5.91 Å². The lowest BCUT2D eigenvalue weighted by Crippen LogP contribution is -2.09. The molecule has 0 unspecified atom stereocenters. The lowest BCUT2D eigenvalue weighted by molar-refractivity contribution is 0.103. The van der Waals surface area contributed by atoms with Crippen LogP contribution in [0.3, 0.4) is 0 Å². The number of hydrogen-bond donors (Lipinski definition) is 2. The number of anilines is 1. The summed E-state index contributed by atoms with van der Waals surface area (Å²) in [4.78, 5) is 13.3. The van der Waals surface area contributed by atoms with E-state index in [4.69, 9.17) is 4.74 Å². The predicted octanol–water partition coefficient (Wildman–Crippen LogP) is 3.30. The molecule has 0 aliphatic rings. The van der Waals surface area contributed by atoms with Crippen molar-refractivity contribution in [3.8, 4) is 5.75 Å². The van der Waals surface area contributed by atoms with E-state index < -0.39 is 0 Å². The van der Waals surface area contributed by atoms with Crippen LogP contribution in [-0.2, 0) is 0 Å². The predicted molar refractivity (Wildman–Crippen MR) is 72.5 cm³/mol. The minimum Gasteiger partial charge on any atom is -0.497 e. The maximum Gasteiger partial charge on any atom is 0.265 e. The van der Waals surface area contributed by atoms with Crippen molar-refractivity contribution in [3.63, 3.8) is 0 Å². The quantitative estimate of drug-likeness (QED) is 0.836. The molecule has 0 radical (unpaired) electrons. The molecule has 0 bridgehead atoms. The molecule has 0 atom stereocenters. The van der Waals surface area contributed by atoms with Crippen LogP contribution in [0.2, 0.25) is 0 Å². The molecule has 0 aliphatic carbocycles. The van der Waals surface area contributed by atoms with Gasteiger partial charge in [-0.15, -0.1) is 24.0 Å².